The molecule has 0 radical (unpaired) electrons. The maximum Gasteiger partial charge on any atom is 0.182 e. The minimum absolute atomic E-state index is 0.540. The zero-order valence-corrected chi connectivity index (χ0v) is 14.8. The van der Waals surface area contributed by atoms with Gasteiger partial charge in [0.25, 0.3) is 0 Å². The molecule has 0 fully saturated rings. The molecule has 0 aliphatic rings. The van der Waals surface area contributed by atoms with Crippen molar-refractivity contribution in [1.29, 1.82) is 5.26 Å². The number of hydrogen-bond donors (Lipinski definition) is 1. The van der Waals surface area contributed by atoms with E-state index >= 15 is 0 Å². The fraction of sp³-hybridized carbons (Fsp3) is 0.467. The van der Waals surface area contributed by atoms with Gasteiger partial charge in [0, 0.05) is 8.07 Å². The van der Waals surface area contributed by atoms with Crippen molar-refractivity contribution in [2.75, 3.05) is 6.61 Å². The highest BCUT2D eigenvalue weighted by Crippen LogP contribution is 2.32. The van der Waals surface area contributed by atoms with Gasteiger partial charge in [0.2, 0.25) is 0 Å². The van der Waals surface area contributed by atoms with Crippen LogP contribution in [0.4, 0.5) is 5.69 Å². The quantitative estimate of drug-likeness (QED) is 0.201. The summed E-state index contributed by atoms with van der Waals surface area (Å²) in [6.07, 6.45) is 4.17. The average Bonchev–Trinajstić information content (AvgIpc) is 2.38. The number of hydrogen-bond acceptors (Lipinski definition) is 3. The molecule has 0 aromatic heterocycles. The molecule has 0 unspecified atom stereocenters. The molecule has 0 spiro atoms. The van der Waals surface area contributed by atoms with Crippen molar-refractivity contribution >= 4 is 31.7 Å². The first-order chi connectivity index (χ1) is 9.83. The normalized spacial score (nSPS) is 11.4. The average molecular weight is 324 g/mol. The summed E-state index contributed by atoms with van der Waals surface area (Å²) in [5, 5.41) is 11.3. The van der Waals surface area contributed by atoms with Crippen molar-refractivity contribution in [3.8, 4) is 11.9 Å². The number of nitriles is 1. The van der Waals surface area contributed by atoms with E-state index in [-0.39, 0.29) is 0 Å². The van der Waals surface area contributed by atoms with E-state index < -0.39 is 8.07 Å². The van der Waals surface area contributed by atoms with Crippen molar-refractivity contribution in [3.63, 3.8) is 0 Å². The van der Waals surface area contributed by atoms with Crippen LogP contribution < -0.4 is 10.1 Å². The Labute approximate surface area is 132 Å². The number of nitrogens with one attached hydrogen (secondary N) is 1. The number of aliphatic imine (C=N–C) groups is 1. The van der Waals surface area contributed by atoms with E-state index in [2.05, 4.69) is 30.0 Å². The van der Waals surface area contributed by atoms with Crippen LogP contribution in [0.25, 0.3) is 0 Å². The Hall–Kier alpha value is -1.51. The van der Waals surface area contributed by atoms with E-state index in [1.807, 2.05) is 13.0 Å². The maximum atomic E-state index is 8.39. The summed E-state index contributed by atoms with van der Waals surface area (Å²) in [5.41, 5.74) is 1.67. The van der Waals surface area contributed by atoms with Crippen LogP contribution in [0.1, 0.15) is 12.0 Å². The second-order valence-corrected chi connectivity index (χ2v) is 12.1. The molecule has 1 aromatic carbocycles. The van der Waals surface area contributed by atoms with Crippen LogP contribution >= 0.6 is 11.6 Å². The monoisotopic (exact) mass is 323 g/mol. The SMILES string of the molecule is Cc1cc(OCCC[Si](C)(C)C)c(Cl)cc1N=CNC#N. The van der Waals surface area contributed by atoms with Gasteiger partial charge in [0.05, 0.1) is 17.3 Å². The Kier molecular flexibility index (Phi) is 6.73. The molecule has 1 rings (SSSR count). The lowest BCUT2D eigenvalue weighted by molar-refractivity contribution is 0.317. The lowest BCUT2D eigenvalue weighted by Gasteiger charge is -2.16. The van der Waals surface area contributed by atoms with Gasteiger partial charge in [0.1, 0.15) is 12.1 Å². The standard InChI is InChI=1S/C15H22ClN3OSi/c1-12-8-15(20-6-5-7-21(2,3)4)13(16)9-14(12)19-11-18-10-17/h8-9,11H,5-7H2,1-4H3,(H,18,19). The Morgan fingerprint density at radius 3 is 2.76 bits per heavy atom. The number of aryl methyl sites for hydroxylation is 1. The second-order valence-electron chi connectivity index (χ2n) is 6.10. The zero-order chi connectivity index (χ0) is 15.9. The lowest BCUT2D eigenvalue weighted by Crippen LogP contribution is -2.20. The highest BCUT2D eigenvalue weighted by Gasteiger charge is 2.12. The molecule has 21 heavy (non-hydrogen) atoms. The van der Waals surface area contributed by atoms with Gasteiger partial charge in [0.15, 0.2) is 6.19 Å². The highest BCUT2D eigenvalue weighted by molar-refractivity contribution is 6.76. The van der Waals surface area contributed by atoms with Crippen LogP contribution in [0.2, 0.25) is 30.7 Å². The lowest BCUT2D eigenvalue weighted by atomic mass is 10.2. The maximum absolute atomic E-state index is 8.39. The van der Waals surface area contributed by atoms with Gasteiger partial charge < -0.3 is 4.74 Å². The van der Waals surface area contributed by atoms with Gasteiger partial charge in [-0.25, -0.2) is 4.99 Å². The Balaban J connectivity index is 2.65. The molecule has 0 amide bonds. The van der Waals surface area contributed by atoms with E-state index in [1.165, 1.54) is 12.4 Å². The van der Waals surface area contributed by atoms with Crippen LogP contribution in [0.5, 0.6) is 5.75 Å². The molecule has 1 aromatic rings. The fourth-order valence-corrected chi connectivity index (χ4v) is 3.23. The van der Waals surface area contributed by atoms with Gasteiger partial charge >= 0.3 is 0 Å². The molecule has 0 atom stereocenters. The first-order valence-corrected chi connectivity index (χ1v) is 11.0. The van der Waals surface area contributed by atoms with Gasteiger partial charge in [-0.05, 0) is 31.0 Å². The topological polar surface area (TPSA) is 57.4 Å². The van der Waals surface area contributed by atoms with Crippen LogP contribution in [-0.2, 0) is 0 Å². The molecular weight excluding hydrogens is 302 g/mol. The zero-order valence-electron chi connectivity index (χ0n) is 13.0. The van der Waals surface area contributed by atoms with E-state index in [9.17, 15) is 0 Å². The van der Waals surface area contributed by atoms with Crippen LogP contribution in [0, 0.1) is 18.4 Å². The third-order valence-electron chi connectivity index (χ3n) is 2.91. The first-order valence-electron chi connectivity index (χ1n) is 6.93. The molecule has 0 saturated heterocycles. The third kappa shape index (κ3) is 6.65. The van der Waals surface area contributed by atoms with Crippen LogP contribution in [0.15, 0.2) is 17.1 Å². The van der Waals surface area contributed by atoms with Crippen molar-refractivity contribution in [1.82, 2.24) is 5.32 Å². The minimum Gasteiger partial charge on any atom is -0.492 e. The van der Waals surface area contributed by atoms with Crippen molar-refractivity contribution < 1.29 is 4.74 Å². The molecule has 0 heterocycles. The second kappa shape index (κ2) is 8.06. The van der Waals surface area contributed by atoms with Gasteiger partial charge in [-0.3, -0.25) is 5.32 Å². The highest BCUT2D eigenvalue weighted by atomic mass is 35.5. The fourth-order valence-electron chi connectivity index (χ4n) is 1.81. The summed E-state index contributed by atoms with van der Waals surface area (Å²) in [5.74, 6) is 0.692. The van der Waals surface area contributed by atoms with E-state index in [1.54, 1.807) is 12.3 Å². The van der Waals surface area contributed by atoms with Crippen molar-refractivity contribution in [2.45, 2.75) is 39.0 Å². The third-order valence-corrected chi connectivity index (χ3v) is 5.06. The summed E-state index contributed by atoms with van der Waals surface area (Å²) in [7, 11) is -1.01. The van der Waals surface area contributed by atoms with Gasteiger partial charge in [-0.15, -0.1) is 0 Å². The predicted octanol–water partition coefficient (Wildman–Crippen LogP) is 4.49. The van der Waals surface area contributed by atoms with Crippen molar-refractivity contribution in [2.24, 2.45) is 4.99 Å². The first kappa shape index (κ1) is 17.5. The van der Waals surface area contributed by atoms with E-state index in [0.29, 0.717) is 17.4 Å². The summed E-state index contributed by atoms with van der Waals surface area (Å²) >= 11 is 6.21. The van der Waals surface area contributed by atoms with E-state index in [4.69, 9.17) is 21.6 Å². The van der Waals surface area contributed by atoms with Gasteiger partial charge in [-0.1, -0.05) is 37.3 Å². The molecule has 0 aliphatic heterocycles. The molecule has 1 N–H and O–H groups in total. The molecule has 0 aliphatic carbocycles. The van der Waals surface area contributed by atoms with E-state index in [0.717, 1.165) is 17.7 Å². The smallest absolute Gasteiger partial charge is 0.182 e. The molecule has 4 nitrogen and oxygen atoms in total. The number of ether oxygens (including phenoxy) is 1. The number of rotatable bonds is 7. The summed E-state index contributed by atoms with van der Waals surface area (Å²) in [6, 6.07) is 4.88. The molecule has 0 bridgehead atoms. The van der Waals surface area contributed by atoms with Crippen LogP contribution in [-0.4, -0.2) is 21.0 Å². The van der Waals surface area contributed by atoms with Crippen LogP contribution in [0.3, 0.4) is 0 Å². The molecular formula is C15H22ClN3OSi. The number of nitrogens with zero attached hydrogens (tertiary/aromatic N) is 2. The minimum atomic E-state index is -1.01. The Bertz CT molecular complexity index is 547. The Morgan fingerprint density at radius 2 is 2.14 bits per heavy atom. The molecule has 0 saturated carbocycles. The predicted molar refractivity (Wildman–Crippen MR) is 91.4 cm³/mol. The molecule has 6 heteroatoms. The number of halogens is 1. The Morgan fingerprint density at radius 1 is 1.43 bits per heavy atom. The van der Waals surface area contributed by atoms with Gasteiger partial charge in [-0.2, -0.15) is 5.26 Å². The van der Waals surface area contributed by atoms with Crippen molar-refractivity contribution in [3.05, 3.63) is 22.7 Å². The summed E-state index contributed by atoms with van der Waals surface area (Å²) < 4.78 is 5.76. The summed E-state index contributed by atoms with van der Waals surface area (Å²) in [4.78, 5) is 4.13. The summed E-state index contributed by atoms with van der Waals surface area (Å²) in [6.45, 7) is 9.68. The molecule has 114 valence electrons. The largest absolute Gasteiger partial charge is 0.492 e. The number of benzene rings is 1.